The number of amides is 1. The summed E-state index contributed by atoms with van der Waals surface area (Å²) in [5.74, 6) is -0.932. The number of ether oxygens (including phenoxy) is 1. The second-order valence-corrected chi connectivity index (χ2v) is 7.20. The lowest BCUT2D eigenvalue weighted by atomic mass is 10.2. The van der Waals surface area contributed by atoms with Gasteiger partial charge in [0.15, 0.2) is 5.65 Å². The highest BCUT2D eigenvalue weighted by atomic mass is 16.5. The van der Waals surface area contributed by atoms with Gasteiger partial charge in [-0.25, -0.2) is 14.5 Å². The third kappa shape index (κ3) is 4.02. The standard InChI is InChI=1S/C24H22N4O4/c1-3-32-24(31)18-7-4-5-9-20(18)26-21(29)15-27-22-19(8-6-14-25-22)23(30)28(27)17-12-10-16(2)11-13-17/h4-14H,3,15H2,1-2H3,(H,26,29). The van der Waals surface area contributed by atoms with Gasteiger partial charge in [0.2, 0.25) is 5.91 Å². The maximum Gasteiger partial charge on any atom is 0.340 e. The minimum atomic E-state index is -0.520. The van der Waals surface area contributed by atoms with E-state index in [1.54, 1.807) is 49.5 Å². The summed E-state index contributed by atoms with van der Waals surface area (Å²) in [6, 6.07) is 17.4. The van der Waals surface area contributed by atoms with Crippen LogP contribution in [0.4, 0.5) is 5.69 Å². The fraction of sp³-hybridized carbons (Fsp3) is 0.167. The minimum absolute atomic E-state index is 0.180. The third-order valence-corrected chi connectivity index (χ3v) is 4.96. The number of aromatic nitrogens is 3. The second kappa shape index (κ2) is 8.89. The molecule has 0 saturated heterocycles. The van der Waals surface area contributed by atoms with Crippen LogP contribution in [-0.2, 0) is 16.1 Å². The van der Waals surface area contributed by atoms with Gasteiger partial charge in [-0.2, -0.15) is 0 Å². The number of rotatable bonds is 6. The highest BCUT2D eigenvalue weighted by Crippen LogP contribution is 2.18. The number of hydrogen-bond acceptors (Lipinski definition) is 5. The molecule has 0 atom stereocenters. The number of nitrogens with one attached hydrogen (secondary N) is 1. The van der Waals surface area contributed by atoms with Crippen LogP contribution in [0.25, 0.3) is 16.7 Å². The van der Waals surface area contributed by atoms with E-state index >= 15 is 0 Å². The summed E-state index contributed by atoms with van der Waals surface area (Å²) in [6.07, 6.45) is 1.58. The quantitative estimate of drug-likeness (QED) is 0.474. The Morgan fingerprint density at radius 2 is 1.78 bits per heavy atom. The molecule has 8 nitrogen and oxygen atoms in total. The first-order valence-corrected chi connectivity index (χ1v) is 10.2. The van der Waals surface area contributed by atoms with Gasteiger partial charge in [0, 0.05) is 6.20 Å². The Labute approximate surface area is 184 Å². The molecule has 0 bridgehead atoms. The van der Waals surface area contributed by atoms with Crippen molar-refractivity contribution in [3.8, 4) is 5.69 Å². The molecule has 32 heavy (non-hydrogen) atoms. The maximum absolute atomic E-state index is 13.1. The predicted octanol–water partition coefficient (Wildman–Crippen LogP) is 3.31. The molecule has 1 amide bonds. The van der Waals surface area contributed by atoms with E-state index in [0.29, 0.717) is 22.4 Å². The summed E-state index contributed by atoms with van der Waals surface area (Å²) < 4.78 is 8.04. The highest BCUT2D eigenvalue weighted by Gasteiger charge is 2.19. The molecule has 0 aliphatic carbocycles. The molecule has 0 radical (unpaired) electrons. The molecule has 0 spiro atoms. The first-order chi connectivity index (χ1) is 15.5. The van der Waals surface area contributed by atoms with Crippen LogP contribution in [0.15, 0.2) is 71.7 Å². The number of carbonyl (C=O) groups is 2. The Kier molecular flexibility index (Phi) is 5.85. The van der Waals surface area contributed by atoms with Crippen molar-refractivity contribution in [2.24, 2.45) is 0 Å². The normalized spacial score (nSPS) is 10.8. The van der Waals surface area contributed by atoms with Gasteiger partial charge in [0.05, 0.1) is 28.9 Å². The average molecular weight is 430 g/mol. The van der Waals surface area contributed by atoms with Gasteiger partial charge < -0.3 is 10.1 Å². The number of aryl methyl sites for hydroxylation is 1. The van der Waals surface area contributed by atoms with Gasteiger partial charge in [-0.05, 0) is 50.2 Å². The molecule has 0 saturated carbocycles. The van der Waals surface area contributed by atoms with Crippen LogP contribution in [-0.4, -0.2) is 32.8 Å². The fourth-order valence-corrected chi connectivity index (χ4v) is 3.48. The van der Waals surface area contributed by atoms with Gasteiger partial charge in [-0.3, -0.25) is 14.3 Å². The monoisotopic (exact) mass is 430 g/mol. The van der Waals surface area contributed by atoms with E-state index in [1.807, 2.05) is 31.2 Å². The zero-order valence-corrected chi connectivity index (χ0v) is 17.7. The summed E-state index contributed by atoms with van der Waals surface area (Å²) in [4.78, 5) is 42.6. The molecule has 4 aromatic rings. The van der Waals surface area contributed by atoms with Crippen molar-refractivity contribution in [3.05, 3.63) is 88.3 Å². The van der Waals surface area contributed by atoms with Gasteiger partial charge >= 0.3 is 5.97 Å². The molecular weight excluding hydrogens is 408 g/mol. The molecule has 1 N–H and O–H groups in total. The molecular formula is C24H22N4O4. The topological polar surface area (TPSA) is 95.2 Å². The number of nitrogens with zero attached hydrogens (tertiary/aromatic N) is 3. The van der Waals surface area contributed by atoms with Crippen LogP contribution in [0.5, 0.6) is 0 Å². The van der Waals surface area contributed by atoms with E-state index in [-0.39, 0.29) is 24.3 Å². The van der Waals surface area contributed by atoms with Crippen molar-refractivity contribution < 1.29 is 14.3 Å². The summed E-state index contributed by atoms with van der Waals surface area (Å²) >= 11 is 0. The van der Waals surface area contributed by atoms with Gasteiger partial charge in [0.1, 0.15) is 6.54 Å². The maximum atomic E-state index is 13.1. The molecule has 162 valence electrons. The Hall–Kier alpha value is -4.20. The highest BCUT2D eigenvalue weighted by molar-refractivity contribution is 6.01. The minimum Gasteiger partial charge on any atom is -0.462 e. The number of hydrogen-bond donors (Lipinski definition) is 1. The van der Waals surface area contributed by atoms with Crippen LogP contribution in [0.3, 0.4) is 0 Å². The van der Waals surface area contributed by atoms with Crippen molar-refractivity contribution in [2.75, 3.05) is 11.9 Å². The smallest absolute Gasteiger partial charge is 0.340 e. The van der Waals surface area contributed by atoms with Crippen LogP contribution in [0.1, 0.15) is 22.8 Å². The summed E-state index contributed by atoms with van der Waals surface area (Å²) in [5, 5.41) is 3.17. The Balaban J connectivity index is 1.72. The Bertz CT molecular complexity index is 1350. The summed E-state index contributed by atoms with van der Waals surface area (Å²) in [7, 11) is 0. The van der Waals surface area contributed by atoms with Crippen LogP contribution in [0, 0.1) is 6.92 Å². The van der Waals surface area contributed by atoms with Crippen molar-refractivity contribution in [1.82, 2.24) is 14.3 Å². The number of pyridine rings is 1. The molecule has 0 fully saturated rings. The van der Waals surface area contributed by atoms with Crippen molar-refractivity contribution in [1.29, 1.82) is 0 Å². The van der Waals surface area contributed by atoms with E-state index in [9.17, 15) is 14.4 Å². The first-order valence-electron chi connectivity index (χ1n) is 10.2. The van der Waals surface area contributed by atoms with E-state index in [0.717, 1.165) is 5.56 Å². The zero-order chi connectivity index (χ0) is 22.7. The molecule has 8 heteroatoms. The van der Waals surface area contributed by atoms with E-state index in [2.05, 4.69) is 10.3 Å². The fourth-order valence-electron chi connectivity index (χ4n) is 3.48. The number of benzene rings is 2. The van der Waals surface area contributed by atoms with Crippen LogP contribution >= 0.6 is 0 Å². The summed E-state index contributed by atoms with van der Waals surface area (Å²) in [6.45, 7) is 3.72. The SMILES string of the molecule is CCOC(=O)c1ccccc1NC(=O)Cn1c2ncccc2c(=O)n1-c1ccc(C)cc1. The molecule has 0 aliphatic rings. The molecule has 0 aliphatic heterocycles. The number of para-hydroxylation sites is 1. The second-order valence-electron chi connectivity index (χ2n) is 7.20. The number of fused-ring (bicyclic) bond motifs is 1. The lowest BCUT2D eigenvalue weighted by Crippen LogP contribution is -2.27. The van der Waals surface area contributed by atoms with Crippen molar-refractivity contribution >= 4 is 28.6 Å². The lowest BCUT2D eigenvalue weighted by Gasteiger charge is -2.14. The lowest BCUT2D eigenvalue weighted by molar-refractivity contribution is -0.116. The van der Waals surface area contributed by atoms with E-state index in [4.69, 9.17) is 4.74 Å². The van der Waals surface area contributed by atoms with Gasteiger partial charge in [0.25, 0.3) is 5.56 Å². The Morgan fingerprint density at radius 1 is 1.03 bits per heavy atom. The van der Waals surface area contributed by atoms with Crippen molar-refractivity contribution in [2.45, 2.75) is 20.4 Å². The van der Waals surface area contributed by atoms with E-state index in [1.165, 1.54) is 9.36 Å². The van der Waals surface area contributed by atoms with Crippen LogP contribution < -0.4 is 10.9 Å². The third-order valence-electron chi connectivity index (χ3n) is 4.96. The molecule has 2 aromatic carbocycles. The average Bonchev–Trinajstić information content (AvgIpc) is 3.06. The number of esters is 1. The van der Waals surface area contributed by atoms with E-state index < -0.39 is 11.9 Å². The summed E-state index contributed by atoms with van der Waals surface area (Å²) in [5.41, 5.74) is 2.40. The molecule has 0 unspecified atom stereocenters. The molecule has 4 rings (SSSR count). The van der Waals surface area contributed by atoms with Gasteiger partial charge in [-0.15, -0.1) is 0 Å². The largest absolute Gasteiger partial charge is 0.462 e. The number of anilines is 1. The first kappa shape index (κ1) is 21.0. The zero-order valence-electron chi connectivity index (χ0n) is 17.7. The molecule has 2 heterocycles. The van der Waals surface area contributed by atoms with Crippen LogP contribution in [0.2, 0.25) is 0 Å². The Morgan fingerprint density at radius 3 is 2.53 bits per heavy atom. The van der Waals surface area contributed by atoms with Gasteiger partial charge in [-0.1, -0.05) is 29.8 Å². The predicted molar refractivity (Wildman–Crippen MR) is 121 cm³/mol. The number of carbonyl (C=O) groups excluding carboxylic acids is 2. The van der Waals surface area contributed by atoms with Crippen molar-refractivity contribution in [3.63, 3.8) is 0 Å². The molecule has 2 aromatic heterocycles.